The maximum absolute atomic E-state index is 11.3. The third-order valence-corrected chi connectivity index (χ3v) is 1.65. The second-order valence-corrected chi connectivity index (χ2v) is 2.59. The van der Waals surface area contributed by atoms with Crippen LogP contribution in [0.15, 0.2) is 16.3 Å². The number of rotatable bonds is 4. The molecule has 0 N–H and O–H groups in total. The molecular formula is C9H13NO2S. The Hall–Kier alpha value is -0.990. The number of allylic oxidation sites excluding steroid dienone is 1. The Labute approximate surface area is 83.5 Å². The normalized spacial score (nSPS) is 11.3. The van der Waals surface area contributed by atoms with Gasteiger partial charge in [0, 0.05) is 0 Å². The lowest BCUT2D eigenvalue weighted by Crippen LogP contribution is -2.07. The standard InChI is InChI=1S/C9H13NO2S/c1-4-7(3)8(10-6-13)9(11)12-5-2/h4-5H2,1-3H3. The minimum Gasteiger partial charge on any atom is -0.461 e. The Morgan fingerprint density at radius 1 is 1.54 bits per heavy atom. The van der Waals surface area contributed by atoms with Gasteiger partial charge in [-0.1, -0.05) is 6.92 Å². The van der Waals surface area contributed by atoms with Crippen molar-refractivity contribution in [1.82, 2.24) is 0 Å². The molecule has 0 heterocycles. The lowest BCUT2D eigenvalue weighted by Gasteiger charge is -2.03. The number of ether oxygens (including phenoxy) is 1. The molecule has 72 valence electrons. The first kappa shape index (κ1) is 12.0. The Balaban J connectivity index is 4.81. The van der Waals surface area contributed by atoms with E-state index in [1.165, 1.54) is 0 Å². The summed E-state index contributed by atoms with van der Waals surface area (Å²) in [5.41, 5.74) is 1.13. The molecule has 0 unspecified atom stereocenters. The molecule has 0 atom stereocenters. The molecule has 0 aromatic rings. The number of aliphatic imine (C=N–C) groups is 1. The van der Waals surface area contributed by atoms with E-state index in [0.717, 1.165) is 12.0 Å². The summed E-state index contributed by atoms with van der Waals surface area (Å²) in [4.78, 5) is 15.0. The maximum Gasteiger partial charge on any atom is 0.357 e. The lowest BCUT2D eigenvalue weighted by atomic mass is 10.2. The van der Waals surface area contributed by atoms with Crippen LogP contribution in [-0.2, 0) is 9.53 Å². The van der Waals surface area contributed by atoms with E-state index in [4.69, 9.17) is 4.74 Å². The predicted octanol–water partition coefficient (Wildman–Crippen LogP) is 2.34. The monoisotopic (exact) mass is 199 g/mol. The molecule has 0 rings (SSSR count). The van der Waals surface area contributed by atoms with Crippen molar-refractivity contribution in [2.24, 2.45) is 4.99 Å². The van der Waals surface area contributed by atoms with Crippen molar-refractivity contribution in [3.8, 4) is 0 Å². The fourth-order valence-electron chi connectivity index (χ4n) is 0.728. The maximum atomic E-state index is 11.3. The van der Waals surface area contributed by atoms with E-state index in [2.05, 4.69) is 22.4 Å². The van der Waals surface area contributed by atoms with Crippen LogP contribution >= 0.6 is 12.2 Å². The summed E-state index contributed by atoms with van der Waals surface area (Å²) in [6.07, 6.45) is 0.745. The number of thiocarbonyl (C=S) groups is 1. The molecule has 0 aliphatic rings. The zero-order chi connectivity index (χ0) is 10.3. The van der Waals surface area contributed by atoms with Gasteiger partial charge in [0.15, 0.2) is 5.70 Å². The zero-order valence-corrected chi connectivity index (χ0v) is 8.90. The number of hydrogen-bond acceptors (Lipinski definition) is 4. The molecule has 0 bridgehead atoms. The smallest absolute Gasteiger partial charge is 0.357 e. The molecule has 0 aliphatic carbocycles. The van der Waals surface area contributed by atoms with E-state index in [0.29, 0.717) is 6.61 Å². The second-order valence-electron chi connectivity index (χ2n) is 2.41. The van der Waals surface area contributed by atoms with Crippen LogP contribution in [0.4, 0.5) is 0 Å². The molecule has 0 radical (unpaired) electrons. The van der Waals surface area contributed by atoms with Crippen LogP contribution < -0.4 is 0 Å². The molecule has 0 saturated heterocycles. The number of carbonyl (C=O) groups is 1. The fourth-order valence-corrected chi connectivity index (χ4v) is 0.819. The molecule has 0 aromatic carbocycles. The Bertz CT molecular complexity index is 265. The van der Waals surface area contributed by atoms with Crippen molar-refractivity contribution < 1.29 is 9.53 Å². The number of hydrogen-bond donors (Lipinski definition) is 0. The van der Waals surface area contributed by atoms with Crippen molar-refractivity contribution in [3.05, 3.63) is 11.3 Å². The lowest BCUT2D eigenvalue weighted by molar-refractivity contribution is -0.138. The van der Waals surface area contributed by atoms with Crippen LogP contribution in [0.25, 0.3) is 0 Å². The molecule has 0 saturated carbocycles. The average Bonchev–Trinajstić information content (AvgIpc) is 2.13. The predicted molar refractivity (Wildman–Crippen MR) is 54.7 cm³/mol. The van der Waals surface area contributed by atoms with Crippen molar-refractivity contribution >= 4 is 23.3 Å². The summed E-state index contributed by atoms with van der Waals surface area (Å²) in [5.74, 6) is -0.431. The summed E-state index contributed by atoms with van der Waals surface area (Å²) in [6, 6.07) is 0. The van der Waals surface area contributed by atoms with Gasteiger partial charge in [-0.2, -0.15) is 4.99 Å². The number of nitrogens with zero attached hydrogens (tertiary/aromatic N) is 1. The van der Waals surface area contributed by atoms with Crippen LogP contribution in [0.2, 0.25) is 0 Å². The van der Waals surface area contributed by atoms with Gasteiger partial charge in [0.25, 0.3) is 0 Å². The number of esters is 1. The van der Waals surface area contributed by atoms with Crippen LogP contribution in [0, 0.1) is 0 Å². The van der Waals surface area contributed by atoms with Crippen molar-refractivity contribution in [2.45, 2.75) is 27.2 Å². The van der Waals surface area contributed by atoms with E-state index in [9.17, 15) is 4.79 Å². The van der Waals surface area contributed by atoms with Crippen LogP contribution in [0.5, 0.6) is 0 Å². The van der Waals surface area contributed by atoms with Gasteiger partial charge in [0.2, 0.25) is 0 Å². The van der Waals surface area contributed by atoms with E-state index in [1.54, 1.807) is 6.92 Å². The zero-order valence-electron chi connectivity index (χ0n) is 8.09. The molecular weight excluding hydrogens is 186 g/mol. The Kier molecular flexibility index (Phi) is 6.02. The van der Waals surface area contributed by atoms with Crippen molar-refractivity contribution in [1.29, 1.82) is 0 Å². The first-order chi connectivity index (χ1) is 6.17. The topological polar surface area (TPSA) is 38.7 Å². The van der Waals surface area contributed by atoms with Gasteiger partial charge in [0.05, 0.1) is 11.8 Å². The summed E-state index contributed by atoms with van der Waals surface area (Å²) >= 11 is 4.44. The third-order valence-electron chi connectivity index (χ3n) is 1.56. The van der Waals surface area contributed by atoms with E-state index >= 15 is 0 Å². The molecule has 0 fully saturated rings. The van der Waals surface area contributed by atoms with E-state index < -0.39 is 5.97 Å². The highest BCUT2D eigenvalue weighted by atomic mass is 32.1. The molecule has 0 amide bonds. The highest BCUT2D eigenvalue weighted by Gasteiger charge is 2.11. The quantitative estimate of drug-likeness (QED) is 0.302. The number of carbonyl (C=O) groups excluding carboxylic acids is 1. The van der Waals surface area contributed by atoms with Crippen molar-refractivity contribution in [3.63, 3.8) is 0 Å². The van der Waals surface area contributed by atoms with Gasteiger partial charge < -0.3 is 4.74 Å². The first-order valence-corrected chi connectivity index (χ1v) is 4.52. The van der Waals surface area contributed by atoms with Crippen LogP contribution in [0.1, 0.15) is 27.2 Å². The largest absolute Gasteiger partial charge is 0.461 e. The first-order valence-electron chi connectivity index (χ1n) is 4.12. The minimum atomic E-state index is -0.431. The minimum absolute atomic E-state index is 0.277. The van der Waals surface area contributed by atoms with Gasteiger partial charge >= 0.3 is 5.97 Å². The molecule has 4 heteroatoms. The fraction of sp³-hybridized carbons (Fsp3) is 0.556. The summed E-state index contributed by atoms with van der Waals surface area (Å²) in [7, 11) is 0. The van der Waals surface area contributed by atoms with Gasteiger partial charge in [-0.25, -0.2) is 4.79 Å². The molecule has 0 aromatic heterocycles. The van der Waals surface area contributed by atoms with Gasteiger partial charge in [-0.15, -0.1) is 0 Å². The van der Waals surface area contributed by atoms with E-state index in [-0.39, 0.29) is 5.70 Å². The summed E-state index contributed by atoms with van der Waals surface area (Å²) in [5, 5.41) is 2.17. The summed E-state index contributed by atoms with van der Waals surface area (Å²) < 4.78 is 4.80. The SMILES string of the molecule is CCOC(=O)C(N=C=S)=C(C)CC. The molecule has 0 aliphatic heterocycles. The van der Waals surface area contributed by atoms with Crippen LogP contribution in [0.3, 0.4) is 0 Å². The highest BCUT2D eigenvalue weighted by Crippen LogP contribution is 2.10. The Morgan fingerprint density at radius 3 is 2.54 bits per heavy atom. The highest BCUT2D eigenvalue weighted by molar-refractivity contribution is 7.78. The van der Waals surface area contributed by atoms with Gasteiger partial charge in [-0.3, -0.25) is 0 Å². The van der Waals surface area contributed by atoms with Crippen molar-refractivity contribution in [2.75, 3.05) is 6.61 Å². The van der Waals surface area contributed by atoms with Crippen LogP contribution in [-0.4, -0.2) is 17.7 Å². The molecule has 3 nitrogen and oxygen atoms in total. The van der Waals surface area contributed by atoms with E-state index in [1.807, 2.05) is 13.8 Å². The summed E-state index contributed by atoms with van der Waals surface area (Å²) in [6.45, 7) is 5.85. The second kappa shape index (κ2) is 6.52. The molecule has 13 heavy (non-hydrogen) atoms. The average molecular weight is 199 g/mol. The van der Waals surface area contributed by atoms with Gasteiger partial charge in [0.1, 0.15) is 0 Å². The molecule has 0 spiro atoms. The number of isothiocyanates is 1. The third kappa shape index (κ3) is 3.97. The van der Waals surface area contributed by atoms with Gasteiger partial charge in [-0.05, 0) is 38.1 Å². The Morgan fingerprint density at radius 2 is 2.15 bits per heavy atom.